The molecule has 4 rings (SSSR count). The molecule has 0 spiro atoms. The van der Waals surface area contributed by atoms with Gasteiger partial charge in [0.25, 0.3) is 0 Å². The fourth-order valence-corrected chi connectivity index (χ4v) is 3.91. The Morgan fingerprint density at radius 1 is 1.32 bits per heavy atom. The Morgan fingerprint density at radius 2 is 2.20 bits per heavy atom. The first-order chi connectivity index (χ1) is 12.1. The van der Waals surface area contributed by atoms with E-state index >= 15 is 0 Å². The summed E-state index contributed by atoms with van der Waals surface area (Å²) in [5, 5.41) is 9.04. The van der Waals surface area contributed by atoms with Gasteiger partial charge in [0.2, 0.25) is 5.91 Å². The lowest BCUT2D eigenvalue weighted by molar-refractivity contribution is -0.127. The minimum atomic E-state index is 0.0926. The maximum Gasteiger partial charge on any atom is 0.223 e. The molecule has 1 amide bonds. The number of H-pyrrole nitrogens is 1. The highest BCUT2D eigenvalue weighted by atomic mass is 16.2. The first kappa shape index (κ1) is 15.9. The van der Waals surface area contributed by atoms with Gasteiger partial charge >= 0.3 is 0 Å². The Balaban J connectivity index is 1.46. The van der Waals surface area contributed by atoms with Crippen LogP contribution in [0.15, 0.2) is 42.9 Å². The smallest absolute Gasteiger partial charge is 0.223 e. The summed E-state index contributed by atoms with van der Waals surface area (Å²) in [4.78, 5) is 17.4. The SMILES string of the molecule is CN1C(=O)C[C@@H](CNCc2cccc3cc[nH]c23)[C@@H]1c1cnn(C)c1. The molecule has 6 heteroatoms. The lowest BCUT2D eigenvalue weighted by Gasteiger charge is -2.24. The van der Waals surface area contributed by atoms with Crippen LogP contribution in [0.4, 0.5) is 0 Å². The second-order valence-corrected chi connectivity index (χ2v) is 6.85. The number of carbonyl (C=O) groups excluding carboxylic acids is 1. The van der Waals surface area contributed by atoms with Crippen LogP contribution in [0.5, 0.6) is 0 Å². The van der Waals surface area contributed by atoms with Crippen LogP contribution in [0.25, 0.3) is 10.9 Å². The third-order valence-electron chi connectivity index (χ3n) is 5.16. The van der Waals surface area contributed by atoms with Gasteiger partial charge in [0, 0.05) is 63.0 Å². The van der Waals surface area contributed by atoms with Crippen LogP contribution < -0.4 is 5.32 Å². The highest BCUT2D eigenvalue weighted by Gasteiger charge is 2.38. The summed E-state index contributed by atoms with van der Waals surface area (Å²) < 4.78 is 1.79. The van der Waals surface area contributed by atoms with Crippen LogP contribution in [-0.2, 0) is 18.4 Å². The molecule has 1 aliphatic heterocycles. The lowest BCUT2D eigenvalue weighted by Crippen LogP contribution is -2.29. The van der Waals surface area contributed by atoms with E-state index < -0.39 is 0 Å². The van der Waals surface area contributed by atoms with Gasteiger partial charge in [-0.1, -0.05) is 18.2 Å². The molecule has 1 fully saturated rings. The number of nitrogens with zero attached hydrogens (tertiary/aromatic N) is 3. The molecule has 2 aromatic heterocycles. The zero-order valence-corrected chi connectivity index (χ0v) is 14.6. The highest BCUT2D eigenvalue weighted by Crippen LogP contribution is 2.36. The zero-order valence-electron chi connectivity index (χ0n) is 14.6. The van der Waals surface area contributed by atoms with E-state index in [0.29, 0.717) is 6.42 Å². The number of rotatable bonds is 5. The van der Waals surface area contributed by atoms with Crippen molar-refractivity contribution in [2.75, 3.05) is 13.6 Å². The van der Waals surface area contributed by atoms with Crippen molar-refractivity contribution in [1.82, 2.24) is 25.0 Å². The van der Waals surface area contributed by atoms with E-state index in [1.807, 2.05) is 37.6 Å². The number of hydrogen-bond acceptors (Lipinski definition) is 3. The minimum absolute atomic E-state index is 0.0926. The topological polar surface area (TPSA) is 66.0 Å². The van der Waals surface area contributed by atoms with Crippen molar-refractivity contribution >= 4 is 16.8 Å². The summed E-state index contributed by atoms with van der Waals surface area (Å²) in [5.74, 6) is 0.455. The highest BCUT2D eigenvalue weighted by molar-refractivity contribution is 5.82. The normalized spacial score (nSPS) is 20.7. The van der Waals surface area contributed by atoms with Gasteiger partial charge in [0.1, 0.15) is 0 Å². The van der Waals surface area contributed by atoms with Crippen molar-refractivity contribution in [2.24, 2.45) is 13.0 Å². The van der Waals surface area contributed by atoms with Gasteiger partial charge in [-0.05, 0) is 17.0 Å². The van der Waals surface area contributed by atoms with Crippen LogP contribution in [0.3, 0.4) is 0 Å². The van der Waals surface area contributed by atoms with Crippen LogP contribution in [0.1, 0.15) is 23.6 Å². The molecule has 1 aromatic carbocycles. The number of fused-ring (bicyclic) bond motifs is 1. The van der Waals surface area contributed by atoms with Gasteiger partial charge in [-0.2, -0.15) is 5.10 Å². The quantitative estimate of drug-likeness (QED) is 0.750. The average Bonchev–Trinajstić information content (AvgIpc) is 3.29. The van der Waals surface area contributed by atoms with E-state index in [9.17, 15) is 4.79 Å². The first-order valence-corrected chi connectivity index (χ1v) is 8.63. The number of para-hydroxylation sites is 1. The molecule has 3 heterocycles. The standard InChI is InChI=1S/C19H23N5O/c1-23-12-16(11-22-23)19-15(8-17(25)24(19)2)10-20-9-14-5-3-4-13-6-7-21-18(13)14/h3-7,11-12,15,19-21H,8-10H2,1-2H3/t15-,19+/m0/s1. The number of nitrogens with one attached hydrogen (secondary N) is 2. The molecule has 0 radical (unpaired) electrons. The van der Waals surface area contributed by atoms with Gasteiger partial charge < -0.3 is 15.2 Å². The fraction of sp³-hybridized carbons (Fsp3) is 0.368. The molecule has 0 aliphatic carbocycles. The monoisotopic (exact) mass is 337 g/mol. The van der Waals surface area contributed by atoms with Crippen LogP contribution >= 0.6 is 0 Å². The Kier molecular flexibility index (Phi) is 4.05. The molecular formula is C19H23N5O. The Bertz CT molecular complexity index is 896. The molecule has 25 heavy (non-hydrogen) atoms. The Labute approximate surface area is 146 Å². The number of aromatic nitrogens is 3. The molecule has 0 unspecified atom stereocenters. The molecule has 2 N–H and O–H groups in total. The third-order valence-corrected chi connectivity index (χ3v) is 5.16. The number of likely N-dealkylation sites (tertiary alicyclic amines) is 1. The van der Waals surface area contributed by atoms with Gasteiger partial charge in [0.05, 0.1) is 12.2 Å². The van der Waals surface area contributed by atoms with E-state index in [1.54, 1.807) is 4.68 Å². The van der Waals surface area contributed by atoms with E-state index in [4.69, 9.17) is 0 Å². The van der Waals surface area contributed by atoms with Crippen molar-refractivity contribution in [3.63, 3.8) is 0 Å². The number of carbonyl (C=O) groups is 1. The molecule has 130 valence electrons. The maximum atomic E-state index is 12.2. The molecular weight excluding hydrogens is 314 g/mol. The van der Waals surface area contributed by atoms with E-state index in [0.717, 1.165) is 18.7 Å². The molecule has 3 aromatic rings. The third kappa shape index (κ3) is 2.93. The molecule has 0 bridgehead atoms. The van der Waals surface area contributed by atoms with Crippen molar-refractivity contribution < 1.29 is 4.79 Å². The van der Waals surface area contributed by atoms with Crippen molar-refractivity contribution in [2.45, 2.75) is 19.0 Å². The summed E-state index contributed by atoms with van der Waals surface area (Å²) in [7, 11) is 3.80. The number of benzene rings is 1. The average molecular weight is 337 g/mol. The number of aromatic amines is 1. The predicted octanol–water partition coefficient (Wildman–Crippen LogP) is 2.21. The van der Waals surface area contributed by atoms with E-state index in [-0.39, 0.29) is 17.9 Å². The van der Waals surface area contributed by atoms with Gasteiger partial charge in [-0.25, -0.2) is 0 Å². The Hall–Kier alpha value is -2.60. The number of aryl methyl sites for hydroxylation is 1. The summed E-state index contributed by atoms with van der Waals surface area (Å²) in [6, 6.07) is 8.50. The molecule has 6 nitrogen and oxygen atoms in total. The minimum Gasteiger partial charge on any atom is -0.361 e. The number of amides is 1. The first-order valence-electron chi connectivity index (χ1n) is 8.63. The molecule has 1 saturated heterocycles. The second kappa shape index (κ2) is 6.37. The Morgan fingerprint density at radius 3 is 3.00 bits per heavy atom. The maximum absolute atomic E-state index is 12.2. The number of hydrogen-bond donors (Lipinski definition) is 2. The van der Waals surface area contributed by atoms with Gasteiger partial charge in [-0.15, -0.1) is 0 Å². The summed E-state index contributed by atoms with van der Waals surface area (Å²) in [6.07, 6.45) is 6.42. The van der Waals surface area contributed by atoms with Crippen molar-refractivity contribution in [3.8, 4) is 0 Å². The predicted molar refractivity (Wildman–Crippen MR) is 96.8 cm³/mol. The van der Waals surface area contributed by atoms with Crippen molar-refractivity contribution in [3.05, 3.63) is 54.0 Å². The molecule has 1 aliphatic rings. The summed E-state index contributed by atoms with van der Waals surface area (Å²) in [6.45, 7) is 1.58. The van der Waals surface area contributed by atoms with Gasteiger partial charge in [-0.3, -0.25) is 9.48 Å². The van der Waals surface area contributed by atoms with E-state index in [2.05, 4.69) is 39.7 Å². The summed E-state index contributed by atoms with van der Waals surface area (Å²) in [5.41, 5.74) is 3.53. The molecule has 2 atom stereocenters. The van der Waals surface area contributed by atoms with E-state index in [1.165, 1.54) is 16.5 Å². The summed E-state index contributed by atoms with van der Waals surface area (Å²) >= 11 is 0. The van der Waals surface area contributed by atoms with Crippen LogP contribution in [-0.4, -0.2) is 39.2 Å². The fourth-order valence-electron chi connectivity index (χ4n) is 3.91. The zero-order chi connectivity index (χ0) is 17.4. The van der Waals surface area contributed by atoms with Crippen LogP contribution in [0, 0.1) is 5.92 Å². The van der Waals surface area contributed by atoms with Crippen LogP contribution in [0.2, 0.25) is 0 Å². The molecule has 0 saturated carbocycles. The largest absolute Gasteiger partial charge is 0.361 e. The lowest BCUT2D eigenvalue weighted by atomic mass is 9.95. The van der Waals surface area contributed by atoms with Gasteiger partial charge in [0.15, 0.2) is 0 Å². The van der Waals surface area contributed by atoms with Crippen molar-refractivity contribution in [1.29, 1.82) is 0 Å². The second-order valence-electron chi connectivity index (χ2n) is 6.85.